The second kappa shape index (κ2) is 10.1. The Balaban J connectivity index is 1.26. The minimum atomic E-state index is -0.648. The van der Waals surface area contributed by atoms with Crippen LogP contribution in [0.5, 0.6) is 5.75 Å². The molecule has 1 aliphatic heterocycles. The van der Waals surface area contributed by atoms with Crippen LogP contribution in [0.3, 0.4) is 0 Å². The summed E-state index contributed by atoms with van der Waals surface area (Å²) in [5.41, 5.74) is 0.979. The van der Waals surface area contributed by atoms with Gasteiger partial charge in [-0.25, -0.2) is 4.98 Å². The summed E-state index contributed by atoms with van der Waals surface area (Å²) in [5, 5.41) is 17.1. The third kappa shape index (κ3) is 5.87. The fourth-order valence-corrected chi connectivity index (χ4v) is 3.41. The molecule has 162 valence electrons. The molecule has 3 heterocycles. The summed E-state index contributed by atoms with van der Waals surface area (Å²) < 4.78 is 17.0. The molecule has 0 spiro atoms. The maximum atomic E-state index is 12.1. The van der Waals surface area contributed by atoms with E-state index in [4.69, 9.17) is 14.0 Å². The van der Waals surface area contributed by atoms with Gasteiger partial charge >= 0.3 is 0 Å². The van der Waals surface area contributed by atoms with Crippen LogP contribution in [0, 0.1) is 0 Å². The van der Waals surface area contributed by atoms with E-state index in [-0.39, 0.29) is 30.9 Å². The molecule has 2 N–H and O–H groups in total. The minimum absolute atomic E-state index is 0.130. The molecule has 1 fully saturated rings. The Kier molecular flexibility index (Phi) is 6.85. The number of benzene rings is 1. The Morgan fingerprint density at radius 3 is 2.90 bits per heavy atom. The van der Waals surface area contributed by atoms with Crippen molar-refractivity contribution in [1.29, 1.82) is 0 Å². The average Bonchev–Trinajstić information content (AvgIpc) is 3.26. The van der Waals surface area contributed by atoms with Gasteiger partial charge in [-0.3, -0.25) is 9.78 Å². The lowest BCUT2D eigenvalue weighted by molar-refractivity contribution is -0.114. The van der Waals surface area contributed by atoms with Crippen LogP contribution in [0.2, 0.25) is 0 Å². The summed E-state index contributed by atoms with van der Waals surface area (Å²) in [5.74, 6) is 1.03. The van der Waals surface area contributed by atoms with Crippen LogP contribution in [-0.2, 0) is 17.8 Å². The Morgan fingerprint density at radius 1 is 1.23 bits per heavy atom. The Bertz CT molecular complexity index is 966. The molecule has 1 aromatic carbocycles. The Hall–Kier alpha value is -3.30. The number of amides is 1. The van der Waals surface area contributed by atoms with E-state index < -0.39 is 12.2 Å². The number of para-hydroxylation sites is 1. The van der Waals surface area contributed by atoms with E-state index in [0.717, 1.165) is 11.4 Å². The first kappa shape index (κ1) is 21.0. The van der Waals surface area contributed by atoms with Gasteiger partial charge in [-0.2, -0.15) is 0 Å². The van der Waals surface area contributed by atoms with Gasteiger partial charge < -0.3 is 24.4 Å². The fourth-order valence-electron chi connectivity index (χ4n) is 3.41. The number of aliphatic hydroxyl groups excluding tert-OH is 1. The van der Waals surface area contributed by atoms with Crippen molar-refractivity contribution >= 4 is 5.91 Å². The van der Waals surface area contributed by atoms with E-state index in [2.05, 4.69) is 20.4 Å². The van der Waals surface area contributed by atoms with Gasteiger partial charge in [0.25, 0.3) is 5.91 Å². The van der Waals surface area contributed by atoms with Crippen molar-refractivity contribution in [2.75, 3.05) is 6.54 Å². The van der Waals surface area contributed by atoms with E-state index in [1.807, 2.05) is 36.4 Å². The van der Waals surface area contributed by atoms with Crippen molar-refractivity contribution in [2.45, 2.75) is 44.2 Å². The first-order valence-electron chi connectivity index (χ1n) is 10.2. The average molecular weight is 424 g/mol. The van der Waals surface area contributed by atoms with Crippen molar-refractivity contribution in [3.63, 3.8) is 0 Å². The lowest BCUT2D eigenvalue weighted by Crippen LogP contribution is -2.46. The number of nitrogens with one attached hydrogen (secondary N) is 1. The van der Waals surface area contributed by atoms with E-state index in [1.54, 1.807) is 0 Å². The van der Waals surface area contributed by atoms with Crippen LogP contribution in [-0.4, -0.2) is 51.0 Å². The van der Waals surface area contributed by atoms with Crippen molar-refractivity contribution in [1.82, 2.24) is 20.4 Å². The lowest BCUT2D eigenvalue weighted by atomic mass is 9.98. The molecule has 3 aromatic rings. The van der Waals surface area contributed by atoms with Crippen molar-refractivity contribution in [3.05, 3.63) is 72.1 Å². The number of hydrogen-bond acceptors (Lipinski definition) is 8. The van der Waals surface area contributed by atoms with Gasteiger partial charge in [0.15, 0.2) is 5.76 Å². The quantitative estimate of drug-likeness (QED) is 0.563. The third-order valence-electron chi connectivity index (χ3n) is 5.01. The molecule has 4 rings (SSSR count). The molecule has 1 aliphatic rings. The van der Waals surface area contributed by atoms with E-state index in [0.29, 0.717) is 25.0 Å². The summed E-state index contributed by atoms with van der Waals surface area (Å²) in [7, 11) is 0. The first-order valence-corrected chi connectivity index (χ1v) is 10.2. The molecule has 2 aromatic heterocycles. The molecule has 0 aliphatic carbocycles. The number of aliphatic hydroxyl groups is 1. The molecular weight excluding hydrogens is 400 g/mol. The second-order valence-electron chi connectivity index (χ2n) is 7.33. The standard InChI is InChI=1S/C22H24N4O5/c27-20-7-6-17(30-21(20)13-25-22(28)19-12-23-8-9-24-19)10-15-11-18(31-26-15)14-29-16-4-2-1-3-5-16/h1-5,8-9,11-12,17,20-21,27H,6-7,10,13-14H2,(H,25,28)/t17-,20-,21+/m0/s1. The second-order valence-corrected chi connectivity index (χ2v) is 7.33. The van der Waals surface area contributed by atoms with Gasteiger partial charge in [-0.05, 0) is 25.0 Å². The zero-order valence-corrected chi connectivity index (χ0v) is 16.9. The van der Waals surface area contributed by atoms with Crippen LogP contribution in [0.4, 0.5) is 0 Å². The highest BCUT2D eigenvalue weighted by atomic mass is 16.5. The highest BCUT2D eigenvalue weighted by Gasteiger charge is 2.31. The number of nitrogens with zero attached hydrogens (tertiary/aromatic N) is 3. The molecule has 31 heavy (non-hydrogen) atoms. The van der Waals surface area contributed by atoms with Gasteiger partial charge in [0.05, 0.1) is 24.1 Å². The van der Waals surface area contributed by atoms with Gasteiger partial charge in [0.2, 0.25) is 0 Å². The molecule has 9 heteroatoms. The maximum Gasteiger partial charge on any atom is 0.271 e. The van der Waals surface area contributed by atoms with Crippen LogP contribution < -0.4 is 10.1 Å². The minimum Gasteiger partial charge on any atom is -0.486 e. The molecular formula is C22H24N4O5. The first-order chi connectivity index (χ1) is 15.2. The SMILES string of the molecule is O=C(NC[C@H]1O[C@H](Cc2cc(COc3ccccc3)on2)CC[C@@H]1O)c1cnccn1. The lowest BCUT2D eigenvalue weighted by Gasteiger charge is -2.33. The Morgan fingerprint density at radius 2 is 2.10 bits per heavy atom. The summed E-state index contributed by atoms with van der Waals surface area (Å²) in [6.07, 6.45) is 4.88. The van der Waals surface area contributed by atoms with Crippen molar-refractivity contribution < 1.29 is 23.9 Å². The number of aromatic nitrogens is 3. The molecule has 0 unspecified atom stereocenters. The van der Waals surface area contributed by atoms with E-state index in [1.165, 1.54) is 18.6 Å². The normalized spacial score (nSPS) is 20.9. The Labute approximate surface area is 179 Å². The summed E-state index contributed by atoms with van der Waals surface area (Å²) in [4.78, 5) is 20.0. The van der Waals surface area contributed by atoms with Gasteiger partial charge in [0, 0.05) is 31.4 Å². The van der Waals surface area contributed by atoms with Crippen LogP contribution in [0.1, 0.15) is 34.8 Å². The number of hydrogen-bond donors (Lipinski definition) is 2. The predicted octanol–water partition coefficient (Wildman–Crippen LogP) is 1.92. The number of carbonyl (C=O) groups is 1. The zero-order chi connectivity index (χ0) is 21.5. The topological polar surface area (TPSA) is 120 Å². The molecule has 1 saturated heterocycles. The van der Waals surface area contributed by atoms with Gasteiger partial charge in [-0.1, -0.05) is 23.4 Å². The van der Waals surface area contributed by atoms with Gasteiger partial charge in [-0.15, -0.1) is 0 Å². The molecule has 0 bridgehead atoms. The molecule has 3 atom stereocenters. The van der Waals surface area contributed by atoms with Crippen LogP contribution >= 0.6 is 0 Å². The number of ether oxygens (including phenoxy) is 2. The maximum absolute atomic E-state index is 12.1. The monoisotopic (exact) mass is 424 g/mol. The summed E-state index contributed by atoms with van der Waals surface area (Å²) in [6.45, 7) is 0.473. The van der Waals surface area contributed by atoms with Crippen molar-refractivity contribution in [2.24, 2.45) is 0 Å². The van der Waals surface area contributed by atoms with E-state index in [9.17, 15) is 9.90 Å². The number of rotatable bonds is 8. The molecule has 0 saturated carbocycles. The fraction of sp³-hybridized carbons (Fsp3) is 0.364. The molecule has 0 radical (unpaired) electrons. The highest BCUT2D eigenvalue weighted by Crippen LogP contribution is 2.23. The number of carbonyl (C=O) groups excluding carboxylic acids is 1. The van der Waals surface area contributed by atoms with Gasteiger partial charge in [0.1, 0.15) is 24.2 Å². The smallest absolute Gasteiger partial charge is 0.271 e. The van der Waals surface area contributed by atoms with Crippen LogP contribution in [0.25, 0.3) is 0 Å². The predicted molar refractivity (Wildman–Crippen MR) is 109 cm³/mol. The van der Waals surface area contributed by atoms with E-state index >= 15 is 0 Å². The zero-order valence-electron chi connectivity index (χ0n) is 16.9. The summed E-state index contributed by atoms with van der Waals surface area (Å²) >= 11 is 0. The molecule has 1 amide bonds. The van der Waals surface area contributed by atoms with Crippen LogP contribution in [0.15, 0.2) is 59.5 Å². The third-order valence-corrected chi connectivity index (χ3v) is 5.01. The summed E-state index contributed by atoms with van der Waals surface area (Å²) in [6, 6.07) is 11.3. The van der Waals surface area contributed by atoms with Crippen molar-refractivity contribution in [3.8, 4) is 5.75 Å². The molecule has 9 nitrogen and oxygen atoms in total. The largest absolute Gasteiger partial charge is 0.486 e. The highest BCUT2D eigenvalue weighted by molar-refractivity contribution is 5.91.